The van der Waals surface area contributed by atoms with Gasteiger partial charge in [0.05, 0.1) is 26.8 Å². The second-order valence-corrected chi connectivity index (χ2v) is 8.86. The summed E-state index contributed by atoms with van der Waals surface area (Å²) in [5.41, 5.74) is 2.32. The molecule has 0 unspecified atom stereocenters. The number of nitrogens with one attached hydrogen (secondary N) is 1. The van der Waals surface area contributed by atoms with Crippen LogP contribution >= 0.6 is 0 Å². The first kappa shape index (κ1) is 28.8. The van der Waals surface area contributed by atoms with Crippen LogP contribution in [0.4, 0.5) is 13.2 Å². The summed E-state index contributed by atoms with van der Waals surface area (Å²) in [5.74, 6) is 1.59. The molecule has 0 spiro atoms. The lowest BCUT2D eigenvalue weighted by Gasteiger charge is -2.16. The molecule has 2 heterocycles. The molecular weight excluding hydrogens is 497 g/mol. The number of hydrogen-bond donors (Lipinski definition) is 1. The van der Waals surface area contributed by atoms with E-state index < -0.39 is 12.6 Å². The molecule has 0 radical (unpaired) electrons. The van der Waals surface area contributed by atoms with Crippen LogP contribution in [0, 0.1) is 0 Å². The third kappa shape index (κ3) is 6.03. The summed E-state index contributed by atoms with van der Waals surface area (Å²) in [6, 6.07) is 10.6. The average molecular weight is 531 g/mol. The van der Waals surface area contributed by atoms with Crippen LogP contribution in [0.1, 0.15) is 49.7 Å². The van der Waals surface area contributed by atoms with Crippen molar-refractivity contribution in [2.45, 2.75) is 52.6 Å². The van der Waals surface area contributed by atoms with E-state index in [0.29, 0.717) is 56.8 Å². The van der Waals surface area contributed by atoms with Gasteiger partial charge in [0.1, 0.15) is 5.75 Å². The summed E-state index contributed by atoms with van der Waals surface area (Å²) < 4.78 is 55.7. The van der Waals surface area contributed by atoms with E-state index in [0.717, 1.165) is 17.5 Å². The zero-order valence-electron chi connectivity index (χ0n) is 21.2. The molecule has 4 aromatic rings. The van der Waals surface area contributed by atoms with Gasteiger partial charge in [0.2, 0.25) is 0 Å². The predicted octanol–water partition coefficient (Wildman–Crippen LogP) is 6.78. The second kappa shape index (κ2) is 11.8. The lowest BCUT2D eigenvalue weighted by atomic mass is 9.94. The maximum absolute atomic E-state index is 13.3. The minimum Gasteiger partial charge on any atom is -0.497 e. The van der Waals surface area contributed by atoms with Crippen molar-refractivity contribution < 1.29 is 27.4 Å². The van der Waals surface area contributed by atoms with E-state index in [1.54, 1.807) is 37.4 Å². The lowest BCUT2D eigenvalue weighted by molar-refractivity contribution is -0.134. The molecule has 0 fully saturated rings. The van der Waals surface area contributed by atoms with Crippen LogP contribution in [0.25, 0.3) is 21.7 Å². The van der Waals surface area contributed by atoms with E-state index in [1.807, 2.05) is 13.0 Å². The van der Waals surface area contributed by atoms with Gasteiger partial charge in [0.25, 0.3) is 5.56 Å². The molecule has 4 rings (SSSR count). The Balaban J connectivity index is 0.00000400. The van der Waals surface area contributed by atoms with Gasteiger partial charge < -0.3 is 19.2 Å². The highest BCUT2D eigenvalue weighted by molar-refractivity contribution is 5.91. The van der Waals surface area contributed by atoms with E-state index in [9.17, 15) is 18.0 Å². The SMILES string of the molecule is C.CCCc1[nH]c(=O)c(Cc2cc3cc(OC)ccc3nc2CCC(F)(F)F)c2cc(OC)c(OC)cc12. The van der Waals surface area contributed by atoms with Gasteiger partial charge in [-0.2, -0.15) is 13.2 Å². The molecule has 9 heteroatoms. The highest BCUT2D eigenvalue weighted by Gasteiger charge is 2.28. The summed E-state index contributed by atoms with van der Waals surface area (Å²) >= 11 is 0. The summed E-state index contributed by atoms with van der Waals surface area (Å²) in [6.45, 7) is 2.01. The fraction of sp³-hybridized carbons (Fsp3) is 0.379. The Labute approximate surface area is 219 Å². The molecule has 0 amide bonds. The summed E-state index contributed by atoms with van der Waals surface area (Å²) in [5, 5.41) is 2.19. The molecule has 0 aliphatic rings. The number of alkyl halides is 3. The van der Waals surface area contributed by atoms with Crippen molar-refractivity contribution in [1.82, 2.24) is 9.97 Å². The highest BCUT2D eigenvalue weighted by Crippen LogP contribution is 2.35. The molecule has 0 atom stereocenters. The standard InChI is InChI=1S/C28H29F3N2O4.CH4/c1-5-6-24-20-15-26(37-4)25(36-3)14-19(20)21(27(34)33-24)13-17-11-16-12-18(35-2)7-8-22(16)32-23(17)9-10-28(29,30)31;/h7-8,11-12,14-15H,5-6,9-10,13H2,1-4H3,(H,33,34);1H4. The normalized spacial score (nSPS) is 11.4. The lowest BCUT2D eigenvalue weighted by Crippen LogP contribution is -2.18. The van der Waals surface area contributed by atoms with Crippen molar-refractivity contribution in [3.05, 3.63) is 69.3 Å². The zero-order chi connectivity index (χ0) is 26.7. The second-order valence-electron chi connectivity index (χ2n) is 8.86. The molecule has 0 aliphatic heterocycles. The number of rotatable bonds is 9. The van der Waals surface area contributed by atoms with Crippen molar-refractivity contribution in [1.29, 1.82) is 0 Å². The van der Waals surface area contributed by atoms with E-state index >= 15 is 0 Å². The van der Waals surface area contributed by atoms with Crippen LogP contribution in [-0.2, 0) is 19.3 Å². The largest absolute Gasteiger partial charge is 0.497 e. The highest BCUT2D eigenvalue weighted by atomic mass is 19.4. The number of methoxy groups -OCH3 is 3. The zero-order valence-corrected chi connectivity index (χ0v) is 21.2. The van der Waals surface area contributed by atoms with Gasteiger partial charge in [-0.15, -0.1) is 0 Å². The Morgan fingerprint density at radius 2 is 1.61 bits per heavy atom. The van der Waals surface area contributed by atoms with Crippen LogP contribution in [0.5, 0.6) is 17.2 Å². The van der Waals surface area contributed by atoms with Crippen molar-refractivity contribution in [2.75, 3.05) is 21.3 Å². The van der Waals surface area contributed by atoms with Gasteiger partial charge in [0, 0.05) is 40.6 Å². The Morgan fingerprint density at radius 3 is 2.21 bits per heavy atom. The van der Waals surface area contributed by atoms with E-state index in [-0.39, 0.29) is 25.8 Å². The van der Waals surface area contributed by atoms with E-state index in [1.165, 1.54) is 14.2 Å². The molecule has 2 aromatic heterocycles. The minimum atomic E-state index is -4.33. The van der Waals surface area contributed by atoms with Crippen molar-refractivity contribution >= 4 is 21.7 Å². The van der Waals surface area contributed by atoms with Gasteiger partial charge in [-0.25, -0.2) is 0 Å². The fourth-order valence-electron chi connectivity index (χ4n) is 4.59. The maximum Gasteiger partial charge on any atom is 0.389 e. The molecule has 2 aromatic carbocycles. The molecule has 204 valence electrons. The number of pyridine rings is 2. The van der Waals surface area contributed by atoms with Crippen LogP contribution in [0.15, 0.2) is 41.2 Å². The van der Waals surface area contributed by atoms with Crippen molar-refractivity contribution in [3.63, 3.8) is 0 Å². The maximum atomic E-state index is 13.3. The average Bonchev–Trinajstić information content (AvgIpc) is 2.88. The summed E-state index contributed by atoms with van der Waals surface area (Å²) in [4.78, 5) is 20.9. The fourth-order valence-corrected chi connectivity index (χ4v) is 4.59. The van der Waals surface area contributed by atoms with Crippen LogP contribution in [-0.4, -0.2) is 37.5 Å². The topological polar surface area (TPSA) is 73.4 Å². The Morgan fingerprint density at radius 1 is 0.921 bits per heavy atom. The quantitative estimate of drug-likeness (QED) is 0.258. The molecule has 0 aliphatic carbocycles. The van der Waals surface area contributed by atoms with Crippen LogP contribution < -0.4 is 19.8 Å². The van der Waals surface area contributed by atoms with E-state index in [2.05, 4.69) is 9.97 Å². The van der Waals surface area contributed by atoms with Crippen molar-refractivity contribution in [2.24, 2.45) is 0 Å². The number of hydrogen-bond acceptors (Lipinski definition) is 5. The number of fused-ring (bicyclic) bond motifs is 2. The molecule has 0 saturated heterocycles. The molecule has 6 nitrogen and oxygen atoms in total. The first-order chi connectivity index (χ1) is 17.7. The summed E-state index contributed by atoms with van der Waals surface area (Å²) in [7, 11) is 4.59. The Hall–Kier alpha value is -3.75. The monoisotopic (exact) mass is 530 g/mol. The smallest absolute Gasteiger partial charge is 0.389 e. The Bertz CT molecular complexity index is 1500. The number of halogens is 3. The van der Waals surface area contributed by atoms with Gasteiger partial charge in [-0.05, 0) is 60.2 Å². The van der Waals surface area contributed by atoms with Gasteiger partial charge in [-0.1, -0.05) is 20.8 Å². The molecule has 1 N–H and O–H groups in total. The Kier molecular flexibility index (Phi) is 8.91. The van der Waals surface area contributed by atoms with Gasteiger partial charge >= 0.3 is 6.18 Å². The molecular formula is C29H33F3N2O4. The number of ether oxygens (including phenoxy) is 3. The number of benzene rings is 2. The minimum absolute atomic E-state index is 0. The first-order valence-corrected chi connectivity index (χ1v) is 12.0. The molecule has 0 saturated carbocycles. The van der Waals surface area contributed by atoms with Crippen LogP contribution in [0.2, 0.25) is 0 Å². The number of aryl methyl sites for hydroxylation is 2. The number of nitrogens with zero attached hydrogens (tertiary/aromatic N) is 1. The molecule has 0 bridgehead atoms. The number of aromatic amines is 1. The van der Waals surface area contributed by atoms with Gasteiger partial charge in [0.15, 0.2) is 11.5 Å². The van der Waals surface area contributed by atoms with E-state index in [4.69, 9.17) is 14.2 Å². The van der Waals surface area contributed by atoms with Crippen LogP contribution in [0.3, 0.4) is 0 Å². The predicted molar refractivity (Wildman–Crippen MR) is 144 cm³/mol. The number of H-pyrrole nitrogens is 1. The number of aromatic nitrogens is 2. The third-order valence-corrected chi connectivity index (χ3v) is 6.42. The summed E-state index contributed by atoms with van der Waals surface area (Å²) in [6.07, 6.45) is -4.06. The molecule has 38 heavy (non-hydrogen) atoms. The first-order valence-electron chi connectivity index (χ1n) is 12.0. The third-order valence-electron chi connectivity index (χ3n) is 6.42. The van der Waals surface area contributed by atoms with Gasteiger partial charge in [-0.3, -0.25) is 9.78 Å². The van der Waals surface area contributed by atoms with Crippen molar-refractivity contribution in [3.8, 4) is 17.2 Å².